The van der Waals surface area contributed by atoms with Gasteiger partial charge >= 0.3 is 0 Å². The second-order valence-corrected chi connectivity index (χ2v) is 15.0. The van der Waals surface area contributed by atoms with Crippen molar-refractivity contribution in [2.45, 2.75) is 118 Å². The van der Waals surface area contributed by atoms with Crippen LogP contribution in [0.25, 0.3) is 0 Å². The van der Waals surface area contributed by atoms with Gasteiger partial charge in [-0.1, -0.05) is 53.9 Å². The number of hydrogen-bond acceptors (Lipinski definition) is 5. The van der Waals surface area contributed by atoms with Crippen LogP contribution in [0.4, 0.5) is 0 Å². The van der Waals surface area contributed by atoms with Crippen LogP contribution in [-0.2, 0) is 18.9 Å². The lowest BCUT2D eigenvalue weighted by Gasteiger charge is -2.61. The van der Waals surface area contributed by atoms with E-state index in [9.17, 15) is 0 Å². The summed E-state index contributed by atoms with van der Waals surface area (Å²) in [6.45, 7) is 16.8. The first-order chi connectivity index (χ1) is 19.3. The van der Waals surface area contributed by atoms with Crippen molar-refractivity contribution in [1.29, 1.82) is 0 Å². The van der Waals surface area contributed by atoms with E-state index in [2.05, 4.69) is 34.6 Å². The Balaban J connectivity index is 1.18. The lowest BCUT2D eigenvalue weighted by molar-refractivity contribution is -0.139. The quantitative estimate of drug-likeness (QED) is 0.185. The van der Waals surface area contributed by atoms with Crippen LogP contribution in [0, 0.1) is 52.3 Å². The van der Waals surface area contributed by atoms with Gasteiger partial charge in [-0.3, -0.25) is 0 Å². The molecule has 0 radical (unpaired) electrons. The fourth-order valence-corrected chi connectivity index (χ4v) is 10.3. The van der Waals surface area contributed by atoms with Crippen LogP contribution < -0.4 is 0 Å². The van der Waals surface area contributed by atoms with Crippen molar-refractivity contribution in [2.75, 3.05) is 52.9 Å². The van der Waals surface area contributed by atoms with Gasteiger partial charge in [0, 0.05) is 0 Å². The third-order valence-corrected chi connectivity index (χ3v) is 12.4. The molecule has 4 fully saturated rings. The van der Waals surface area contributed by atoms with Crippen LogP contribution in [0.3, 0.4) is 0 Å². The standard InChI is InChI=1S/C35H64O5/c1-26(2)7-6-8-27(3)31-11-12-32-30-10-9-28-25-29(13-15-34(28,4)33(30)14-16-35(31,32)5)40-24-23-39-22-21-38-20-19-37-18-17-36/h26-33,36H,6-25H2,1-5H3/t27-,28+,29+,30+,31-,32+,33+,34+,35-/m1/s1. The van der Waals surface area contributed by atoms with E-state index >= 15 is 0 Å². The number of ether oxygens (including phenoxy) is 4. The molecule has 0 aliphatic heterocycles. The molecular weight excluding hydrogens is 500 g/mol. The Hall–Kier alpha value is -0.200. The van der Waals surface area contributed by atoms with Crippen LogP contribution in [0.5, 0.6) is 0 Å². The molecular formula is C35H64O5. The van der Waals surface area contributed by atoms with Crippen molar-refractivity contribution in [3.05, 3.63) is 0 Å². The van der Waals surface area contributed by atoms with Gasteiger partial charge in [0.05, 0.1) is 59.0 Å². The molecule has 4 rings (SSSR count). The molecule has 5 nitrogen and oxygen atoms in total. The topological polar surface area (TPSA) is 57.2 Å². The van der Waals surface area contributed by atoms with Gasteiger partial charge in [0.1, 0.15) is 0 Å². The third kappa shape index (κ3) is 7.84. The molecule has 40 heavy (non-hydrogen) atoms. The van der Waals surface area contributed by atoms with Gasteiger partial charge < -0.3 is 24.1 Å². The fourth-order valence-electron chi connectivity index (χ4n) is 10.3. The summed E-state index contributed by atoms with van der Waals surface area (Å²) in [6.07, 6.45) is 17.4. The molecule has 0 aromatic carbocycles. The molecule has 0 spiro atoms. The molecule has 0 unspecified atom stereocenters. The molecule has 0 aromatic rings. The largest absolute Gasteiger partial charge is 0.394 e. The molecule has 0 aromatic heterocycles. The zero-order valence-corrected chi connectivity index (χ0v) is 26.8. The predicted octanol–water partition coefficient (Wildman–Crippen LogP) is 7.54. The van der Waals surface area contributed by atoms with E-state index in [4.69, 9.17) is 24.1 Å². The van der Waals surface area contributed by atoms with Crippen molar-refractivity contribution in [1.82, 2.24) is 0 Å². The number of aliphatic hydroxyl groups excluding tert-OH is 1. The first-order valence-electron chi connectivity index (χ1n) is 17.2. The maximum Gasteiger partial charge on any atom is 0.0704 e. The molecule has 1 N–H and O–H groups in total. The summed E-state index contributed by atoms with van der Waals surface area (Å²) in [5.41, 5.74) is 1.13. The van der Waals surface area contributed by atoms with Crippen LogP contribution in [0.2, 0.25) is 0 Å². The van der Waals surface area contributed by atoms with Crippen LogP contribution in [0.1, 0.15) is 112 Å². The molecule has 234 valence electrons. The Morgan fingerprint density at radius 3 is 2.05 bits per heavy atom. The van der Waals surface area contributed by atoms with Crippen molar-refractivity contribution in [3.63, 3.8) is 0 Å². The monoisotopic (exact) mass is 564 g/mol. The van der Waals surface area contributed by atoms with E-state index in [1.807, 2.05) is 0 Å². The van der Waals surface area contributed by atoms with Crippen molar-refractivity contribution < 1.29 is 24.1 Å². The molecule has 5 heteroatoms. The minimum Gasteiger partial charge on any atom is -0.394 e. The van der Waals surface area contributed by atoms with Crippen LogP contribution in [0.15, 0.2) is 0 Å². The van der Waals surface area contributed by atoms with Crippen LogP contribution >= 0.6 is 0 Å². The molecule has 0 bridgehead atoms. The van der Waals surface area contributed by atoms with Gasteiger partial charge in [0.25, 0.3) is 0 Å². The average Bonchev–Trinajstić information content (AvgIpc) is 3.29. The highest BCUT2D eigenvalue weighted by Gasteiger charge is 2.60. The number of hydrogen-bond donors (Lipinski definition) is 1. The first kappa shape index (κ1) is 32.7. The Morgan fingerprint density at radius 2 is 1.35 bits per heavy atom. The lowest BCUT2D eigenvalue weighted by Crippen LogP contribution is -2.54. The second-order valence-electron chi connectivity index (χ2n) is 15.0. The van der Waals surface area contributed by atoms with Crippen molar-refractivity contribution in [3.8, 4) is 0 Å². The maximum atomic E-state index is 8.69. The summed E-state index contributed by atoms with van der Waals surface area (Å²) in [5, 5.41) is 8.69. The Bertz CT molecular complexity index is 729. The lowest BCUT2D eigenvalue weighted by atomic mass is 9.44. The number of rotatable bonds is 17. The van der Waals surface area contributed by atoms with Crippen LogP contribution in [-0.4, -0.2) is 64.1 Å². The Labute approximate surface area is 246 Å². The predicted molar refractivity (Wildman–Crippen MR) is 162 cm³/mol. The summed E-state index contributed by atoms with van der Waals surface area (Å²) < 4.78 is 22.8. The third-order valence-electron chi connectivity index (χ3n) is 12.4. The molecule has 4 saturated carbocycles. The van der Waals surface area contributed by atoms with Gasteiger partial charge in [-0.15, -0.1) is 0 Å². The molecule has 0 amide bonds. The minimum absolute atomic E-state index is 0.0593. The molecule has 9 atom stereocenters. The highest BCUT2D eigenvalue weighted by molar-refractivity contribution is 5.09. The zero-order chi connectivity index (χ0) is 28.6. The fraction of sp³-hybridized carbons (Fsp3) is 1.00. The molecule has 4 aliphatic rings. The van der Waals surface area contributed by atoms with E-state index in [1.54, 1.807) is 0 Å². The van der Waals surface area contributed by atoms with E-state index in [0.717, 1.165) is 41.4 Å². The zero-order valence-electron chi connectivity index (χ0n) is 26.8. The summed E-state index contributed by atoms with van der Waals surface area (Å²) in [4.78, 5) is 0. The second kappa shape index (κ2) is 15.5. The van der Waals surface area contributed by atoms with Crippen molar-refractivity contribution >= 4 is 0 Å². The van der Waals surface area contributed by atoms with E-state index < -0.39 is 0 Å². The van der Waals surface area contributed by atoms with Gasteiger partial charge in [-0.2, -0.15) is 0 Å². The summed E-state index contributed by atoms with van der Waals surface area (Å²) >= 11 is 0. The summed E-state index contributed by atoms with van der Waals surface area (Å²) in [7, 11) is 0. The van der Waals surface area contributed by atoms with Gasteiger partial charge in [0.2, 0.25) is 0 Å². The van der Waals surface area contributed by atoms with Gasteiger partial charge in [-0.05, 0) is 110 Å². The Morgan fingerprint density at radius 1 is 0.700 bits per heavy atom. The molecule has 0 saturated heterocycles. The highest BCUT2D eigenvalue weighted by atomic mass is 16.6. The minimum atomic E-state index is 0.0593. The first-order valence-corrected chi connectivity index (χ1v) is 17.2. The average molecular weight is 565 g/mol. The smallest absolute Gasteiger partial charge is 0.0704 e. The van der Waals surface area contributed by atoms with Crippen molar-refractivity contribution in [2.24, 2.45) is 52.3 Å². The van der Waals surface area contributed by atoms with Gasteiger partial charge in [-0.25, -0.2) is 0 Å². The Kier molecular flexibility index (Phi) is 12.7. The summed E-state index contributed by atoms with van der Waals surface area (Å²) in [5.74, 6) is 6.44. The molecule has 4 aliphatic carbocycles. The van der Waals surface area contributed by atoms with Gasteiger partial charge in [0.15, 0.2) is 0 Å². The normalized spacial score (nSPS) is 38.2. The maximum absolute atomic E-state index is 8.69. The molecule has 0 heterocycles. The number of fused-ring (bicyclic) bond motifs is 5. The number of aliphatic hydroxyl groups is 1. The van der Waals surface area contributed by atoms with E-state index in [-0.39, 0.29) is 6.61 Å². The van der Waals surface area contributed by atoms with E-state index in [0.29, 0.717) is 63.2 Å². The summed E-state index contributed by atoms with van der Waals surface area (Å²) in [6, 6.07) is 0. The highest BCUT2D eigenvalue weighted by Crippen LogP contribution is 2.68. The van der Waals surface area contributed by atoms with E-state index in [1.165, 1.54) is 77.0 Å². The SMILES string of the molecule is CC(C)CCC[C@@H](C)[C@H]1CC[C@H]2[C@@H]3CC[C@H]4C[C@@H](OCCOCCOCCOCCO)CC[C@]4(C)[C@H]3CC[C@]12C.